The van der Waals surface area contributed by atoms with E-state index in [2.05, 4.69) is 10.6 Å². The number of carbonyl (C=O) groups is 3. The highest BCUT2D eigenvalue weighted by atomic mass is 19.1. The Bertz CT molecular complexity index is 580. The van der Waals surface area contributed by atoms with E-state index in [1.165, 1.54) is 6.92 Å². The second-order valence-corrected chi connectivity index (χ2v) is 5.74. The van der Waals surface area contributed by atoms with E-state index >= 15 is 0 Å². The highest BCUT2D eigenvalue weighted by Gasteiger charge is 2.24. The number of rotatable bonds is 4. The Hall–Kier alpha value is -2.24. The number of aldehydes is 1. The van der Waals surface area contributed by atoms with Crippen LogP contribution in [0.4, 0.5) is 10.1 Å². The third-order valence-electron chi connectivity index (χ3n) is 4.02. The van der Waals surface area contributed by atoms with E-state index in [9.17, 15) is 14.0 Å². The highest BCUT2D eigenvalue weighted by molar-refractivity contribution is 5.84. The first kappa shape index (κ1) is 19.8. The van der Waals surface area contributed by atoms with Gasteiger partial charge in [0.25, 0.3) is 0 Å². The monoisotopic (exact) mass is 336 g/mol. The van der Waals surface area contributed by atoms with Crippen LogP contribution in [0.3, 0.4) is 0 Å². The molecule has 1 aromatic carbocycles. The number of hydrogen-bond acceptors (Lipinski definition) is 4. The summed E-state index contributed by atoms with van der Waals surface area (Å²) < 4.78 is 14.6. The first-order valence-corrected chi connectivity index (χ1v) is 8.12. The van der Waals surface area contributed by atoms with Crippen LogP contribution in [0.5, 0.6) is 0 Å². The average molecular weight is 336 g/mol. The number of ketones is 1. The molecule has 0 radical (unpaired) electrons. The van der Waals surface area contributed by atoms with Crippen LogP contribution in [0.2, 0.25) is 0 Å². The molecule has 132 valence electrons. The first-order valence-electron chi connectivity index (χ1n) is 8.12. The number of halogens is 1. The lowest BCUT2D eigenvalue weighted by Gasteiger charge is -2.23. The molecule has 0 heterocycles. The fourth-order valence-electron chi connectivity index (χ4n) is 2.74. The van der Waals surface area contributed by atoms with Crippen molar-refractivity contribution >= 4 is 23.7 Å². The molecule has 1 atom stereocenters. The number of likely N-dealkylation sites (N-methyl/N-ethyl adjacent to an activating group) is 1. The van der Waals surface area contributed by atoms with Gasteiger partial charge in [-0.1, -0.05) is 12.1 Å². The molecule has 1 aliphatic carbocycles. The van der Waals surface area contributed by atoms with Gasteiger partial charge in [0.2, 0.25) is 5.91 Å². The van der Waals surface area contributed by atoms with Crippen LogP contribution in [0.25, 0.3) is 0 Å². The number of benzene rings is 1. The number of Topliss-reactive ketones (excluding diaryl/α,β-unsaturated/α-hetero) is 1. The van der Waals surface area contributed by atoms with Crippen molar-refractivity contribution in [2.75, 3.05) is 12.4 Å². The Morgan fingerprint density at radius 3 is 2.46 bits per heavy atom. The molecule has 24 heavy (non-hydrogen) atoms. The molecule has 1 saturated carbocycles. The summed E-state index contributed by atoms with van der Waals surface area (Å²) in [5.74, 6) is -0.162. The predicted octanol–water partition coefficient (Wildman–Crippen LogP) is 2.80. The van der Waals surface area contributed by atoms with Crippen molar-refractivity contribution in [1.29, 1.82) is 0 Å². The SMILES string of the molecule is CC=O.CNC(=O)C(C)Nc1cccc(C2CCC(=O)CC2)c1F. The van der Waals surface area contributed by atoms with E-state index in [0.29, 0.717) is 36.9 Å². The summed E-state index contributed by atoms with van der Waals surface area (Å²) in [5.41, 5.74) is 0.970. The first-order chi connectivity index (χ1) is 11.4. The van der Waals surface area contributed by atoms with Crippen molar-refractivity contribution in [3.63, 3.8) is 0 Å². The number of carbonyl (C=O) groups excluding carboxylic acids is 3. The lowest BCUT2D eigenvalue weighted by molar-refractivity contribution is -0.121. The van der Waals surface area contributed by atoms with E-state index in [1.807, 2.05) is 0 Å². The quantitative estimate of drug-likeness (QED) is 0.829. The molecule has 2 N–H and O–H groups in total. The van der Waals surface area contributed by atoms with Gasteiger partial charge in [0.1, 0.15) is 23.9 Å². The van der Waals surface area contributed by atoms with Crippen LogP contribution in [0, 0.1) is 5.82 Å². The topological polar surface area (TPSA) is 75.3 Å². The minimum atomic E-state index is -0.507. The van der Waals surface area contributed by atoms with Gasteiger partial charge in [-0.15, -0.1) is 0 Å². The molecule has 1 aromatic rings. The Morgan fingerprint density at radius 1 is 1.33 bits per heavy atom. The second kappa shape index (κ2) is 9.80. The number of amides is 1. The summed E-state index contributed by atoms with van der Waals surface area (Å²) >= 11 is 0. The highest BCUT2D eigenvalue weighted by Crippen LogP contribution is 2.34. The van der Waals surface area contributed by atoms with Gasteiger partial charge in [-0.25, -0.2) is 4.39 Å². The molecule has 1 fully saturated rings. The zero-order chi connectivity index (χ0) is 18.1. The van der Waals surface area contributed by atoms with Gasteiger partial charge in [-0.05, 0) is 44.2 Å². The zero-order valence-corrected chi connectivity index (χ0v) is 14.4. The molecule has 0 aliphatic heterocycles. The second-order valence-electron chi connectivity index (χ2n) is 5.74. The van der Waals surface area contributed by atoms with Crippen LogP contribution in [0.15, 0.2) is 18.2 Å². The molecule has 2 rings (SSSR count). The van der Waals surface area contributed by atoms with Crippen LogP contribution >= 0.6 is 0 Å². The smallest absolute Gasteiger partial charge is 0.241 e. The van der Waals surface area contributed by atoms with Gasteiger partial charge in [0, 0.05) is 19.9 Å². The van der Waals surface area contributed by atoms with Gasteiger partial charge >= 0.3 is 0 Å². The maximum Gasteiger partial charge on any atom is 0.241 e. The predicted molar refractivity (Wildman–Crippen MR) is 91.5 cm³/mol. The number of anilines is 1. The largest absolute Gasteiger partial charge is 0.372 e. The molecule has 0 aromatic heterocycles. The lowest BCUT2D eigenvalue weighted by atomic mass is 9.83. The third-order valence-corrected chi connectivity index (χ3v) is 4.02. The van der Waals surface area contributed by atoms with Crippen molar-refractivity contribution in [2.45, 2.75) is 51.5 Å². The van der Waals surface area contributed by atoms with Crippen molar-refractivity contribution in [2.24, 2.45) is 0 Å². The molecule has 6 heteroatoms. The van der Waals surface area contributed by atoms with E-state index in [4.69, 9.17) is 4.79 Å². The molecule has 1 aliphatic rings. The van der Waals surface area contributed by atoms with Crippen LogP contribution in [0.1, 0.15) is 51.0 Å². The third kappa shape index (κ3) is 5.44. The summed E-state index contributed by atoms with van der Waals surface area (Å²) in [6, 6.07) is 4.68. The standard InChI is InChI=1S/C16H21FN2O2.C2H4O/c1-10(16(21)18-2)19-14-5-3-4-13(15(14)17)11-6-8-12(20)9-7-11;1-2-3/h3-5,10-11,19H,6-9H2,1-2H3,(H,18,21);2H,1H3. The van der Waals surface area contributed by atoms with Gasteiger partial charge in [0.15, 0.2) is 0 Å². The number of hydrogen-bond donors (Lipinski definition) is 2. The number of nitrogens with one attached hydrogen (secondary N) is 2. The Morgan fingerprint density at radius 2 is 1.92 bits per heavy atom. The van der Waals surface area contributed by atoms with Crippen LogP contribution in [-0.4, -0.2) is 31.1 Å². The van der Waals surface area contributed by atoms with Crippen molar-refractivity contribution in [3.8, 4) is 0 Å². The lowest BCUT2D eigenvalue weighted by Crippen LogP contribution is -2.35. The Kier molecular flexibility index (Phi) is 8.09. The summed E-state index contributed by atoms with van der Waals surface area (Å²) in [4.78, 5) is 31.6. The average Bonchev–Trinajstić information content (AvgIpc) is 2.57. The minimum Gasteiger partial charge on any atom is -0.372 e. The fourth-order valence-corrected chi connectivity index (χ4v) is 2.74. The van der Waals surface area contributed by atoms with Gasteiger partial charge in [0.05, 0.1) is 5.69 Å². The van der Waals surface area contributed by atoms with Gasteiger partial charge in [-0.2, -0.15) is 0 Å². The van der Waals surface area contributed by atoms with Crippen LogP contribution in [-0.2, 0) is 14.4 Å². The molecule has 5 nitrogen and oxygen atoms in total. The van der Waals surface area contributed by atoms with Gasteiger partial charge in [-0.3, -0.25) is 9.59 Å². The zero-order valence-electron chi connectivity index (χ0n) is 14.4. The van der Waals surface area contributed by atoms with Crippen molar-refractivity contribution < 1.29 is 18.8 Å². The van der Waals surface area contributed by atoms with Crippen molar-refractivity contribution in [3.05, 3.63) is 29.6 Å². The molecular weight excluding hydrogens is 311 g/mol. The molecule has 1 unspecified atom stereocenters. The summed E-state index contributed by atoms with van der Waals surface area (Å²) in [6.45, 7) is 3.13. The van der Waals surface area contributed by atoms with E-state index < -0.39 is 6.04 Å². The normalized spacial score (nSPS) is 15.8. The molecule has 0 saturated heterocycles. The van der Waals surface area contributed by atoms with Crippen LogP contribution < -0.4 is 10.6 Å². The van der Waals surface area contributed by atoms with E-state index in [-0.39, 0.29) is 23.4 Å². The summed E-state index contributed by atoms with van der Waals surface area (Å²) in [5, 5.41) is 5.42. The summed E-state index contributed by atoms with van der Waals surface area (Å²) in [7, 11) is 1.55. The Labute approximate surface area is 142 Å². The fraction of sp³-hybridized carbons (Fsp3) is 0.500. The Balaban J connectivity index is 0.000000891. The minimum absolute atomic E-state index is 0.0831. The van der Waals surface area contributed by atoms with Crippen molar-refractivity contribution in [1.82, 2.24) is 5.32 Å². The summed E-state index contributed by atoms with van der Waals surface area (Å²) in [6.07, 6.45) is 3.20. The maximum atomic E-state index is 14.6. The maximum absolute atomic E-state index is 14.6. The molecule has 0 bridgehead atoms. The molecular formula is C18H25FN2O3. The molecule has 0 spiro atoms. The van der Waals surface area contributed by atoms with Gasteiger partial charge < -0.3 is 15.4 Å². The van der Waals surface area contributed by atoms with E-state index in [0.717, 1.165) is 6.29 Å². The molecule has 1 amide bonds. The van der Waals surface area contributed by atoms with E-state index in [1.54, 1.807) is 32.2 Å².